The van der Waals surface area contributed by atoms with Crippen molar-refractivity contribution >= 4 is 29.4 Å². The van der Waals surface area contributed by atoms with Gasteiger partial charge >= 0.3 is 6.03 Å². The Bertz CT molecular complexity index is 1080. The minimum absolute atomic E-state index is 0.0299. The first-order valence-corrected chi connectivity index (χ1v) is 16.9. The van der Waals surface area contributed by atoms with Crippen molar-refractivity contribution in [1.29, 1.82) is 0 Å². The molecular weight excluding hydrogens is 544 g/mol. The summed E-state index contributed by atoms with van der Waals surface area (Å²) in [7, 11) is 0. The number of carbonyl (C=O) groups is 5. The largest absolute Gasteiger partial charge is 0.363 e. The third kappa shape index (κ3) is 7.11. The highest BCUT2D eigenvalue weighted by molar-refractivity contribution is 6.37. The number of nitrogens with two attached hydrogens (primary N) is 1. The molecule has 0 spiro atoms. The van der Waals surface area contributed by atoms with E-state index in [-0.39, 0.29) is 40.5 Å². The van der Waals surface area contributed by atoms with Crippen molar-refractivity contribution in [3.05, 3.63) is 0 Å². The van der Waals surface area contributed by atoms with Crippen LogP contribution in [0.1, 0.15) is 125 Å². The van der Waals surface area contributed by atoms with Crippen LogP contribution in [0.4, 0.5) is 4.79 Å². The Kier molecular flexibility index (Phi) is 10.0. The van der Waals surface area contributed by atoms with E-state index in [1.54, 1.807) is 0 Å². The third-order valence-electron chi connectivity index (χ3n) is 11.6. The van der Waals surface area contributed by atoms with Crippen molar-refractivity contribution < 1.29 is 24.0 Å². The van der Waals surface area contributed by atoms with E-state index in [0.717, 1.165) is 64.2 Å². The van der Waals surface area contributed by atoms with Crippen molar-refractivity contribution in [2.24, 2.45) is 46.2 Å². The maximum absolute atomic E-state index is 14.5. The Morgan fingerprint density at radius 2 is 1.58 bits per heavy atom. The van der Waals surface area contributed by atoms with Gasteiger partial charge in [-0.2, -0.15) is 0 Å². The van der Waals surface area contributed by atoms with Gasteiger partial charge in [0.25, 0.3) is 5.91 Å². The monoisotopic (exact) mass is 600 g/mol. The van der Waals surface area contributed by atoms with E-state index in [1.807, 2.05) is 20.8 Å². The lowest BCUT2D eigenvalue weighted by atomic mass is 9.42. The van der Waals surface area contributed by atoms with Crippen LogP contribution in [0.3, 0.4) is 0 Å². The molecule has 0 aromatic heterocycles. The quantitative estimate of drug-likeness (QED) is 0.238. The molecule has 5 fully saturated rings. The average Bonchev–Trinajstić information content (AvgIpc) is 2.91. The van der Waals surface area contributed by atoms with Crippen molar-refractivity contribution in [1.82, 2.24) is 16.0 Å². The summed E-state index contributed by atoms with van der Waals surface area (Å²) < 4.78 is 0. The molecule has 0 aliphatic heterocycles. The fourth-order valence-corrected chi connectivity index (χ4v) is 8.67. The zero-order valence-electron chi connectivity index (χ0n) is 27.4. The Labute approximate surface area is 258 Å². The SMILES string of the molecule is CCCC1(NC(=O)N[C@H](C(=O)C2C[C@@H]3C[C@H]([C@H]2C(=O)NC(CC2CCC2)C(=O)C(N)=O)C3(C)C)C(C)(C)C)CCCCC1. The van der Waals surface area contributed by atoms with Gasteiger partial charge in [0.15, 0.2) is 5.78 Å². The van der Waals surface area contributed by atoms with E-state index in [0.29, 0.717) is 18.8 Å². The van der Waals surface area contributed by atoms with Gasteiger partial charge in [0, 0.05) is 11.5 Å². The summed E-state index contributed by atoms with van der Waals surface area (Å²) in [6, 6.07) is -2.08. The predicted molar refractivity (Wildman–Crippen MR) is 166 cm³/mol. The molecule has 0 radical (unpaired) electrons. The van der Waals surface area contributed by atoms with Gasteiger partial charge in [-0.25, -0.2) is 4.79 Å². The van der Waals surface area contributed by atoms with Crippen molar-refractivity contribution in [2.45, 2.75) is 143 Å². The van der Waals surface area contributed by atoms with Crippen LogP contribution < -0.4 is 21.7 Å². The number of carbonyl (C=O) groups excluding carboxylic acids is 5. The lowest BCUT2D eigenvalue weighted by Crippen LogP contribution is -2.65. The Hall–Kier alpha value is -2.45. The molecule has 6 atom stereocenters. The van der Waals surface area contributed by atoms with Gasteiger partial charge in [0.2, 0.25) is 11.7 Å². The Morgan fingerprint density at radius 1 is 0.930 bits per heavy atom. The van der Waals surface area contributed by atoms with Gasteiger partial charge in [-0.3, -0.25) is 19.2 Å². The van der Waals surface area contributed by atoms with E-state index in [4.69, 9.17) is 5.73 Å². The number of fused-ring (bicyclic) bond motifs is 2. The lowest BCUT2D eigenvalue weighted by Gasteiger charge is -2.62. The zero-order valence-corrected chi connectivity index (χ0v) is 27.4. The molecule has 43 heavy (non-hydrogen) atoms. The third-order valence-corrected chi connectivity index (χ3v) is 11.6. The van der Waals surface area contributed by atoms with E-state index in [1.165, 1.54) is 6.42 Å². The molecule has 0 saturated heterocycles. The fraction of sp³-hybridized carbons (Fsp3) is 0.853. The van der Waals surface area contributed by atoms with Crippen molar-refractivity contribution in [2.75, 3.05) is 0 Å². The summed E-state index contributed by atoms with van der Waals surface area (Å²) in [5, 5.41) is 9.23. The van der Waals surface area contributed by atoms with E-state index >= 15 is 0 Å². The van der Waals surface area contributed by atoms with Gasteiger partial charge in [0.05, 0.1) is 18.0 Å². The van der Waals surface area contributed by atoms with Crippen LogP contribution in [0.2, 0.25) is 0 Å². The zero-order chi connectivity index (χ0) is 31.7. The van der Waals surface area contributed by atoms with Crippen LogP contribution in [0.5, 0.6) is 0 Å². The first kappa shape index (κ1) is 33.4. The molecule has 5 aliphatic rings. The fourth-order valence-electron chi connectivity index (χ4n) is 8.67. The van der Waals surface area contributed by atoms with Gasteiger partial charge in [-0.15, -0.1) is 0 Å². The second-order valence-electron chi connectivity index (χ2n) is 15.9. The number of ketones is 2. The summed E-state index contributed by atoms with van der Waals surface area (Å²) in [5.41, 5.74) is 4.43. The summed E-state index contributed by atoms with van der Waals surface area (Å²) in [6.45, 7) is 12.3. The molecule has 5 saturated carbocycles. The smallest absolute Gasteiger partial charge is 0.315 e. The van der Waals surface area contributed by atoms with Crippen LogP contribution in [-0.2, 0) is 19.2 Å². The second kappa shape index (κ2) is 12.9. The molecule has 5 N–H and O–H groups in total. The number of rotatable bonds is 12. The Morgan fingerprint density at radius 3 is 2.09 bits per heavy atom. The topological polar surface area (TPSA) is 147 Å². The number of hydrogen-bond donors (Lipinski definition) is 4. The molecule has 5 rings (SSSR count). The van der Waals surface area contributed by atoms with Gasteiger partial charge in [-0.1, -0.05) is 86.5 Å². The summed E-state index contributed by atoms with van der Waals surface area (Å²) in [4.78, 5) is 66.7. The van der Waals surface area contributed by atoms with Gasteiger partial charge in [0.1, 0.15) is 0 Å². The molecule has 242 valence electrons. The van der Waals surface area contributed by atoms with Crippen LogP contribution in [-0.4, -0.2) is 47.0 Å². The highest BCUT2D eigenvalue weighted by atomic mass is 16.2. The van der Waals surface area contributed by atoms with Gasteiger partial charge < -0.3 is 21.7 Å². The molecule has 0 aromatic carbocycles. The standard InChI is InChI=1S/C34H56N4O5/c1-7-14-34(15-9-8-10-16-34)38-31(43)37-28(32(2,3)4)26(39)22-18-21-19-23(33(21,5)6)25(22)30(42)36-24(27(40)29(35)41)17-20-12-11-13-20/h20-25,28H,7-19H2,1-6H3,(H2,35,41)(H,36,42)(H2,37,38,43)/t21-,22?,23-,24?,25+,28-/m1/s1. The Balaban J connectivity index is 1.55. The maximum atomic E-state index is 14.5. The molecule has 2 bridgehead atoms. The van der Waals surface area contributed by atoms with Crippen LogP contribution in [0.15, 0.2) is 0 Å². The van der Waals surface area contributed by atoms with E-state index in [2.05, 4.69) is 36.7 Å². The molecule has 4 amide bonds. The van der Waals surface area contributed by atoms with E-state index in [9.17, 15) is 24.0 Å². The normalized spacial score (nSPS) is 29.2. The molecule has 5 aliphatic carbocycles. The van der Waals surface area contributed by atoms with Crippen molar-refractivity contribution in [3.63, 3.8) is 0 Å². The number of nitrogens with one attached hydrogen (secondary N) is 3. The first-order valence-electron chi connectivity index (χ1n) is 16.9. The van der Waals surface area contributed by atoms with Crippen LogP contribution in [0, 0.1) is 40.4 Å². The highest BCUT2D eigenvalue weighted by Gasteiger charge is 2.62. The molecule has 9 heteroatoms. The average molecular weight is 601 g/mol. The molecular formula is C34H56N4O5. The van der Waals surface area contributed by atoms with Crippen LogP contribution >= 0.6 is 0 Å². The molecule has 0 heterocycles. The number of urea groups is 1. The minimum Gasteiger partial charge on any atom is -0.363 e. The summed E-state index contributed by atoms with van der Waals surface area (Å²) >= 11 is 0. The predicted octanol–water partition coefficient (Wildman–Crippen LogP) is 4.80. The minimum atomic E-state index is -1.05. The number of amides is 4. The molecule has 2 unspecified atom stereocenters. The second-order valence-corrected chi connectivity index (χ2v) is 15.9. The lowest BCUT2D eigenvalue weighted by molar-refractivity contribution is -0.170. The number of hydrogen-bond acceptors (Lipinski definition) is 5. The summed E-state index contributed by atoms with van der Waals surface area (Å²) in [5.74, 6) is -2.99. The molecule has 0 aromatic rings. The highest BCUT2D eigenvalue weighted by Crippen LogP contribution is 2.63. The number of Topliss-reactive ketones (excluding diaryl/α,β-unsaturated/α-hetero) is 2. The first-order chi connectivity index (χ1) is 20.1. The molecule has 9 nitrogen and oxygen atoms in total. The summed E-state index contributed by atoms with van der Waals surface area (Å²) in [6.07, 6.45) is 11.9. The maximum Gasteiger partial charge on any atom is 0.315 e. The van der Waals surface area contributed by atoms with E-state index < -0.39 is 41.0 Å². The van der Waals surface area contributed by atoms with Gasteiger partial charge in [-0.05, 0) is 67.1 Å². The number of primary amides is 1. The van der Waals surface area contributed by atoms with Crippen LogP contribution in [0.25, 0.3) is 0 Å². The van der Waals surface area contributed by atoms with Crippen molar-refractivity contribution in [3.8, 4) is 0 Å².